The van der Waals surface area contributed by atoms with Gasteiger partial charge in [-0.05, 0) is 36.5 Å². The lowest BCUT2D eigenvalue weighted by Crippen LogP contribution is -2.22. The largest absolute Gasteiger partial charge is 0.393 e. The predicted octanol–water partition coefficient (Wildman–Crippen LogP) is 1.80. The lowest BCUT2D eigenvalue weighted by atomic mass is 9.82. The van der Waals surface area contributed by atoms with Crippen molar-refractivity contribution in [2.75, 3.05) is 0 Å². The van der Waals surface area contributed by atoms with Crippen molar-refractivity contribution in [1.29, 1.82) is 0 Å². The van der Waals surface area contributed by atoms with E-state index in [-0.39, 0.29) is 6.10 Å². The quantitative estimate of drug-likeness (QED) is 0.544. The number of fused-ring (bicyclic) bond motifs is 2. The van der Waals surface area contributed by atoms with Gasteiger partial charge in [0.1, 0.15) is 0 Å². The summed E-state index contributed by atoms with van der Waals surface area (Å²) in [6.45, 7) is 4.62. The molecule has 3 atom stereocenters. The van der Waals surface area contributed by atoms with Gasteiger partial charge in [0.25, 0.3) is 0 Å². The summed E-state index contributed by atoms with van der Waals surface area (Å²) in [5.74, 6) is 1.42. The average molecular weight is 140 g/mol. The molecule has 0 heterocycles. The van der Waals surface area contributed by atoms with Gasteiger partial charge in [-0.2, -0.15) is 0 Å². The highest BCUT2D eigenvalue weighted by Gasteiger charge is 2.52. The van der Waals surface area contributed by atoms with E-state index >= 15 is 0 Å². The fraction of sp³-hybridized carbons (Fsp3) is 1.00. The van der Waals surface area contributed by atoms with Crippen LogP contribution in [0.3, 0.4) is 0 Å². The molecule has 58 valence electrons. The highest BCUT2D eigenvalue weighted by molar-refractivity contribution is 5.02. The Bertz CT molecular complexity index is 151. The first kappa shape index (κ1) is 6.66. The molecule has 2 fully saturated rings. The normalized spacial score (nSPS) is 50.1. The van der Waals surface area contributed by atoms with E-state index in [1.165, 1.54) is 12.8 Å². The second-order valence-corrected chi connectivity index (χ2v) is 4.51. The molecule has 0 amide bonds. The van der Waals surface area contributed by atoms with Gasteiger partial charge in [-0.15, -0.1) is 0 Å². The van der Waals surface area contributed by atoms with Crippen molar-refractivity contribution in [3.05, 3.63) is 0 Å². The Morgan fingerprint density at radius 1 is 1.30 bits per heavy atom. The van der Waals surface area contributed by atoms with E-state index in [1.807, 2.05) is 0 Å². The van der Waals surface area contributed by atoms with Gasteiger partial charge >= 0.3 is 0 Å². The number of aliphatic hydroxyl groups excluding tert-OH is 1. The molecule has 0 aromatic carbocycles. The maximum Gasteiger partial charge on any atom is 0.0576 e. The molecule has 2 rings (SSSR count). The molecule has 0 saturated heterocycles. The topological polar surface area (TPSA) is 20.2 Å². The zero-order chi connectivity index (χ0) is 7.35. The number of aliphatic hydroxyl groups is 1. The van der Waals surface area contributed by atoms with Crippen molar-refractivity contribution in [1.82, 2.24) is 0 Å². The van der Waals surface area contributed by atoms with Crippen LogP contribution in [-0.2, 0) is 0 Å². The van der Waals surface area contributed by atoms with Crippen LogP contribution in [0, 0.1) is 17.3 Å². The summed E-state index contributed by atoms with van der Waals surface area (Å²) in [6, 6.07) is 0. The third-order valence-electron chi connectivity index (χ3n) is 3.82. The smallest absolute Gasteiger partial charge is 0.0576 e. The second-order valence-electron chi connectivity index (χ2n) is 4.51. The van der Waals surface area contributed by atoms with Gasteiger partial charge in [0.2, 0.25) is 0 Å². The van der Waals surface area contributed by atoms with Crippen LogP contribution < -0.4 is 0 Å². The first-order valence-electron chi connectivity index (χ1n) is 4.30. The highest BCUT2D eigenvalue weighted by Crippen LogP contribution is 2.57. The fourth-order valence-corrected chi connectivity index (χ4v) is 2.99. The van der Waals surface area contributed by atoms with Crippen LogP contribution in [0.25, 0.3) is 0 Å². The monoisotopic (exact) mass is 140 g/mol. The third kappa shape index (κ3) is 0.619. The van der Waals surface area contributed by atoms with Gasteiger partial charge in [0, 0.05) is 0 Å². The number of rotatable bonds is 0. The molecule has 10 heavy (non-hydrogen) atoms. The maximum atomic E-state index is 9.55. The van der Waals surface area contributed by atoms with Crippen molar-refractivity contribution < 1.29 is 5.11 Å². The average Bonchev–Trinajstić information content (AvgIpc) is 2.20. The fourth-order valence-electron chi connectivity index (χ4n) is 2.99. The summed E-state index contributed by atoms with van der Waals surface area (Å²) in [5, 5.41) is 9.55. The zero-order valence-corrected chi connectivity index (χ0v) is 6.80. The molecule has 0 aromatic heterocycles. The van der Waals surface area contributed by atoms with Gasteiger partial charge in [0.05, 0.1) is 6.10 Å². The third-order valence-corrected chi connectivity index (χ3v) is 3.82. The summed E-state index contributed by atoms with van der Waals surface area (Å²) < 4.78 is 0. The molecule has 2 aliphatic rings. The molecule has 2 bridgehead atoms. The molecule has 0 radical (unpaired) electrons. The van der Waals surface area contributed by atoms with E-state index in [0.29, 0.717) is 11.3 Å². The first-order chi connectivity index (χ1) is 4.62. The van der Waals surface area contributed by atoms with Crippen molar-refractivity contribution in [3.63, 3.8) is 0 Å². The SMILES string of the molecule is CC1(C)[C@@H]2CC[C@H]1C(O)C2. The van der Waals surface area contributed by atoms with Crippen LogP contribution in [0.5, 0.6) is 0 Å². The van der Waals surface area contributed by atoms with Gasteiger partial charge in [-0.3, -0.25) is 0 Å². The Morgan fingerprint density at radius 2 is 2.00 bits per heavy atom. The molecule has 0 spiro atoms. The molecule has 0 aromatic rings. The Balaban J connectivity index is 2.27. The molecular formula is C9H16O. The predicted molar refractivity (Wildman–Crippen MR) is 40.6 cm³/mol. The Hall–Kier alpha value is -0.0400. The summed E-state index contributed by atoms with van der Waals surface area (Å²) in [7, 11) is 0. The van der Waals surface area contributed by atoms with Crippen molar-refractivity contribution in [2.24, 2.45) is 17.3 Å². The van der Waals surface area contributed by atoms with Gasteiger partial charge in [-0.25, -0.2) is 0 Å². The van der Waals surface area contributed by atoms with Crippen molar-refractivity contribution >= 4 is 0 Å². The molecular weight excluding hydrogens is 124 g/mol. The van der Waals surface area contributed by atoms with Gasteiger partial charge in [0.15, 0.2) is 0 Å². The maximum absolute atomic E-state index is 9.55. The van der Waals surface area contributed by atoms with Gasteiger partial charge < -0.3 is 5.11 Å². The van der Waals surface area contributed by atoms with E-state index < -0.39 is 0 Å². The molecule has 1 heteroatoms. The van der Waals surface area contributed by atoms with Crippen molar-refractivity contribution in [3.8, 4) is 0 Å². The summed E-state index contributed by atoms with van der Waals surface area (Å²) in [4.78, 5) is 0. The van der Waals surface area contributed by atoms with E-state index in [0.717, 1.165) is 12.3 Å². The minimum absolute atomic E-state index is 0.0220. The lowest BCUT2D eigenvalue weighted by molar-refractivity contribution is 0.0949. The Morgan fingerprint density at radius 3 is 2.20 bits per heavy atom. The summed E-state index contributed by atoms with van der Waals surface area (Å²) >= 11 is 0. The minimum atomic E-state index is 0.0220. The Kier molecular flexibility index (Phi) is 1.17. The summed E-state index contributed by atoms with van der Waals surface area (Å²) in [5.41, 5.74) is 0.444. The van der Waals surface area contributed by atoms with Crippen LogP contribution in [0.4, 0.5) is 0 Å². The molecule has 1 unspecified atom stereocenters. The number of hydrogen-bond acceptors (Lipinski definition) is 1. The number of hydrogen-bond donors (Lipinski definition) is 1. The molecule has 2 saturated carbocycles. The highest BCUT2D eigenvalue weighted by atomic mass is 16.3. The molecule has 2 aliphatic carbocycles. The van der Waals surface area contributed by atoms with Crippen LogP contribution in [0.15, 0.2) is 0 Å². The molecule has 0 aliphatic heterocycles. The lowest BCUT2D eigenvalue weighted by Gasteiger charge is -2.24. The van der Waals surface area contributed by atoms with E-state index in [2.05, 4.69) is 13.8 Å². The zero-order valence-electron chi connectivity index (χ0n) is 6.80. The standard InChI is InChI=1S/C9H16O/c1-9(2)6-3-4-7(9)8(10)5-6/h6-8,10H,3-5H2,1-2H3/t6-,7+,8?/m1/s1. The van der Waals surface area contributed by atoms with Crippen LogP contribution in [0.2, 0.25) is 0 Å². The summed E-state index contributed by atoms with van der Waals surface area (Å²) in [6.07, 6.45) is 3.71. The van der Waals surface area contributed by atoms with Crippen molar-refractivity contribution in [2.45, 2.75) is 39.2 Å². The Labute approximate surface area is 62.4 Å². The van der Waals surface area contributed by atoms with Gasteiger partial charge in [-0.1, -0.05) is 13.8 Å². The van der Waals surface area contributed by atoms with E-state index in [9.17, 15) is 5.11 Å². The van der Waals surface area contributed by atoms with Crippen LogP contribution >= 0.6 is 0 Å². The van der Waals surface area contributed by atoms with E-state index in [1.54, 1.807) is 0 Å². The molecule has 1 nitrogen and oxygen atoms in total. The first-order valence-corrected chi connectivity index (χ1v) is 4.30. The second kappa shape index (κ2) is 1.76. The minimum Gasteiger partial charge on any atom is -0.393 e. The van der Waals surface area contributed by atoms with Crippen LogP contribution in [-0.4, -0.2) is 11.2 Å². The molecule has 1 N–H and O–H groups in total. The van der Waals surface area contributed by atoms with E-state index in [4.69, 9.17) is 0 Å². The van der Waals surface area contributed by atoms with Crippen LogP contribution in [0.1, 0.15) is 33.1 Å².